The Kier molecular flexibility index (Phi) is 6.89. The van der Waals surface area contributed by atoms with Gasteiger partial charge in [-0.15, -0.1) is 10.2 Å². The van der Waals surface area contributed by atoms with Crippen LogP contribution in [0.25, 0.3) is 0 Å². The smallest absolute Gasteiger partial charge is 0.413 e. The Morgan fingerprint density at radius 2 is 1.89 bits per heavy atom. The number of benzene rings is 1. The second kappa shape index (κ2) is 10.1. The van der Waals surface area contributed by atoms with Crippen molar-refractivity contribution in [2.24, 2.45) is 4.99 Å². The molecule has 0 spiro atoms. The summed E-state index contributed by atoms with van der Waals surface area (Å²) in [6.07, 6.45) is 2.55. The van der Waals surface area contributed by atoms with E-state index in [1.54, 1.807) is 11.8 Å². The van der Waals surface area contributed by atoms with E-state index in [4.69, 9.17) is 14.0 Å². The van der Waals surface area contributed by atoms with Gasteiger partial charge >= 0.3 is 12.1 Å². The van der Waals surface area contributed by atoms with Crippen LogP contribution >= 0.6 is 0 Å². The molecule has 2 aromatic rings. The number of carbonyl (C=O) groups is 2. The quantitative estimate of drug-likeness (QED) is 0.453. The lowest BCUT2D eigenvalue weighted by molar-refractivity contribution is -0.140. The molecule has 2 bridgehead atoms. The molecule has 11 nitrogen and oxygen atoms in total. The number of ether oxygens (including phenoxy) is 1. The summed E-state index contributed by atoms with van der Waals surface area (Å²) in [4.78, 5) is 37.2. The Hall–Kier alpha value is -3.47. The molecule has 37 heavy (non-hydrogen) atoms. The van der Waals surface area contributed by atoms with Gasteiger partial charge in [0.15, 0.2) is 0 Å². The normalized spacial score (nSPS) is 25.7. The average Bonchev–Trinajstić information content (AvgIpc) is 3.38. The number of rotatable bonds is 6. The molecule has 3 fully saturated rings. The number of hydrogen-bond donors (Lipinski definition) is 1. The van der Waals surface area contributed by atoms with E-state index < -0.39 is 11.7 Å². The van der Waals surface area contributed by atoms with Crippen molar-refractivity contribution in [3.05, 3.63) is 47.7 Å². The highest BCUT2D eigenvalue weighted by molar-refractivity contribution is 5.94. The molecule has 3 amide bonds. The van der Waals surface area contributed by atoms with Crippen LogP contribution in [0.5, 0.6) is 0 Å². The molecule has 2 saturated heterocycles. The van der Waals surface area contributed by atoms with Gasteiger partial charge in [0, 0.05) is 12.5 Å². The van der Waals surface area contributed by atoms with Gasteiger partial charge in [0.1, 0.15) is 24.1 Å². The van der Waals surface area contributed by atoms with Crippen LogP contribution in [0.1, 0.15) is 82.7 Å². The van der Waals surface area contributed by atoms with Gasteiger partial charge in [-0.3, -0.25) is 15.1 Å². The third-order valence-electron chi connectivity index (χ3n) is 6.80. The third kappa shape index (κ3) is 5.76. The van der Waals surface area contributed by atoms with Crippen LogP contribution in [-0.2, 0) is 16.2 Å². The number of amidine groups is 1. The maximum absolute atomic E-state index is 13.1. The molecule has 1 saturated carbocycles. The number of alkyl carbamates (subject to hydrolysis) is 1. The number of aliphatic imine (C=N–C) groups is 1. The summed E-state index contributed by atoms with van der Waals surface area (Å²) < 4.78 is 11.3. The lowest BCUT2D eigenvalue weighted by atomic mass is 9.80. The molecule has 2 atom stereocenters. The molecule has 0 unspecified atom stereocenters. The van der Waals surface area contributed by atoms with Gasteiger partial charge in [0.25, 0.3) is 0 Å². The van der Waals surface area contributed by atoms with Crippen molar-refractivity contribution in [3.63, 3.8) is 0 Å². The number of hydroxylamine groups is 2. The molecular weight excluding hydrogens is 476 g/mol. The highest BCUT2D eigenvalue weighted by Gasteiger charge is 2.48. The minimum Gasteiger partial charge on any atom is -0.444 e. The lowest BCUT2D eigenvalue weighted by Crippen LogP contribution is -2.36. The van der Waals surface area contributed by atoms with Crippen molar-refractivity contribution in [1.82, 2.24) is 25.5 Å². The van der Waals surface area contributed by atoms with Gasteiger partial charge in [0.05, 0.1) is 12.1 Å². The van der Waals surface area contributed by atoms with Gasteiger partial charge in [0.2, 0.25) is 11.8 Å². The predicted molar refractivity (Wildman–Crippen MR) is 133 cm³/mol. The number of nitrogens with one attached hydrogen (secondary N) is 1. The zero-order valence-electron chi connectivity index (χ0n) is 21.7. The molecule has 5 rings (SSSR count). The van der Waals surface area contributed by atoms with E-state index in [-0.39, 0.29) is 30.1 Å². The number of amides is 3. The van der Waals surface area contributed by atoms with Crippen molar-refractivity contribution in [3.8, 4) is 0 Å². The van der Waals surface area contributed by atoms with Crippen molar-refractivity contribution >= 4 is 18.0 Å². The first-order valence-corrected chi connectivity index (χ1v) is 12.8. The fourth-order valence-corrected chi connectivity index (χ4v) is 4.97. The molecule has 0 radical (unpaired) electrons. The van der Waals surface area contributed by atoms with Crippen molar-refractivity contribution in [2.75, 3.05) is 6.54 Å². The Bertz CT molecular complexity index is 1150. The van der Waals surface area contributed by atoms with E-state index in [1.165, 1.54) is 5.06 Å². The second-order valence-corrected chi connectivity index (χ2v) is 10.9. The van der Waals surface area contributed by atoms with E-state index in [1.807, 2.05) is 51.1 Å². The molecular formula is C26H34N6O5. The molecule has 2 aliphatic heterocycles. The van der Waals surface area contributed by atoms with Gasteiger partial charge in [-0.05, 0) is 58.9 Å². The van der Waals surface area contributed by atoms with Gasteiger partial charge < -0.3 is 14.1 Å². The third-order valence-corrected chi connectivity index (χ3v) is 6.80. The maximum atomic E-state index is 13.1. The maximum Gasteiger partial charge on any atom is 0.413 e. The van der Waals surface area contributed by atoms with Crippen LogP contribution in [0.4, 0.5) is 9.59 Å². The lowest BCUT2D eigenvalue weighted by Gasteiger charge is -2.30. The van der Waals surface area contributed by atoms with Gasteiger partial charge in [-0.2, -0.15) is 5.06 Å². The average molecular weight is 511 g/mol. The largest absolute Gasteiger partial charge is 0.444 e. The first-order chi connectivity index (χ1) is 17.7. The van der Waals surface area contributed by atoms with Crippen molar-refractivity contribution in [1.29, 1.82) is 0 Å². The van der Waals surface area contributed by atoms with Crippen molar-refractivity contribution in [2.45, 2.75) is 89.6 Å². The number of piperidine rings is 1. The summed E-state index contributed by atoms with van der Waals surface area (Å²) in [6, 6.07) is 9.50. The number of nitrogens with zero attached hydrogens (tertiary/aromatic N) is 5. The molecule has 1 aliphatic carbocycles. The number of fused-ring (bicyclic) bond motifs is 2. The second-order valence-electron chi connectivity index (χ2n) is 10.9. The summed E-state index contributed by atoms with van der Waals surface area (Å²) in [7, 11) is 0. The van der Waals surface area contributed by atoms with E-state index >= 15 is 0 Å². The Morgan fingerprint density at radius 3 is 2.62 bits per heavy atom. The van der Waals surface area contributed by atoms with Crippen LogP contribution in [0.3, 0.4) is 0 Å². The zero-order valence-corrected chi connectivity index (χ0v) is 21.7. The first kappa shape index (κ1) is 25.2. The van der Waals surface area contributed by atoms with Crippen LogP contribution in [-0.4, -0.2) is 62.3 Å². The number of aromatic nitrogens is 2. The minimum absolute atomic E-state index is 0.0256. The molecule has 1 N–H and O–H groups in total. The molecule has 1 aromatic heterocycles. The van der Waals surface area contributed by atoms with Crippen LogP contribution in [0.2, 0.25) is 0 Å². The van der Waals surface area contributed by atoms with Gasteiger partial charge in [-0.25, -0.2) is 9.59 Å². The highest BCUT2D eigenvalue weighted by atomic mass is 16.7. The summed E-state index contributed by atoms with van der Waals surface area (Å²) in [5.41, 5.74) is 0.456. The summed E-state index contributed by atoms with van der Waals surface area (Å²) in [6.45, 7) is 8.13. The van der Waals surface area contributed by atoms with E-state index in [2.05, 4.69) is 20.5 Å². The van der Waals surface area contributed by atoms with Crippen LogP contribution in [0.15, 0.2) is 39.7 Å². The van der Waals surface area contributed by atoms with E-state index in [0.29, 0.717) is 30.8 Å². The van der Waals surface area contributed by atoms with Crippen LogP contribution in [0, 0.1) is 0 Å². The summed E-state index contributed by atoms with van der Waals surface area (Å²) in [5, 5.41) is 12.7. The fraction of sp³-hybridized carbons (Fsp3) is 0.577. The topological polar surface area (TPSA) is 122 Å². The summed E-state index contributed by atoms with van der Waals surface area (Å²) >= 11 is 0. The fourth-order valence-electron chi connectivity index (χ4n) is 4.97. The summed E-state index contributed by atoms with van der Waals surface area (Å²) in [5.74, 6) is 1.68. The Labute approximate surface area is 216 Å². The molecule has 198 valence electrons. The number of hydrogen-bond acceptors (Lipinski definition) is 8. The highest BCUT2D eigenvalue weighted by Crippen LogP contribution is 2.41. The number of urea groups is 1. The monoisotopic (exact) mass is 510 g/mol. The SMILES string of the molecule is CC(=NC1CC(c2nnc([C@@H]3CC[C@@H]4CN3C(=O)N4OCc3ccccc3)o2)C1)NC(=O)OC(C)(C)C. The Balaban J connectivity index is 1.13. The van der Waals surface area contributed by atoms with Crippen molar-refractivity contribution < 1.29 is 23.6 Å². The van der Waals surface area contributed by atoms with Crippen LogP contribution < -0.4 is 5.32 Å². The molecule has 3 heterocycles. The van der Waals surface area contributed by atoms with E-state index in [0.717, 1.165) is 31.2 Å². The number of carbonyl (C=O) groups excluding carboxylic acids is 2. The van der Waals surface area contributed by atoms with Gasteiger partial charge in [-0.1, -0.05) is 30.3 Å². The standard InChI is InChI=1S/C26H34N6O5/c1-16(28-24(33)37-26(2,3)4)27-19-12-18(13-19)22-29-30-23(36-22)21-11-10-20-14-31(21)25(34)32(20)35-15-17-8-6-5-7-9-17/h5-9,18-21H,10-15H2,1-4H3,(H,27,28,33)/t18?,19?,20-,21+/m1/s1. The molecule has 3 aliphatic rings. The molecule has 11 heteroatoms. The Morgan fingerprint density at radius 1 is 1.16 bits per heavy atom. The molecule has 1 aromatic carbocycles. The van der Waals surface area contributed by atoms with E-state index in [9.17, 15) is 9.59 Å². The zero-order chi connectivity index (χ0) is 26.2. The minimum atomic E-state index is -0.562. The predicted octanol–water partition coefficient (Wildman–Crippen LogP) is 4.33. The first-order valence-electron chi connectivity index (χ1n) is 12.8.